The van der Waals surface area contributed by atoms with Crippen molar-refractivity contribution in [3.8, 4) is 11.5 Å². The Bertz CT molecular complexity index is 1200. The Morgan fingerprint density at radius 2 is 1.71 bits per heavy atom. The van der Waals surface area contributed by atoms with Crippen LogP contribution in [0.1, 0.15) is 15.9 Å². The molecule has 0 aromatic heterocycles. The van der Waals surface area contributed by atoms with Crippen molar-refractivity contribution >= 4 is 51.1 Å². The molecule has 0 radical (unpaired) electrons. The van der Waals surface area contributed by atoms with Crippen molar-refractivity contribution in [1.29, 1.82) is 0 Å². The maximum atomic E-state index is 13.1. The maximum absolute atomic E-state index is 13.1. The lowest BCUT2D eigenvalue weighted by Crippen LogP contribution is -2.31. The van der Waals surface area contributed by atoms with Crippen molar-refractivity contribution in [1.82, 2.24) is 5.32 Å². The number of carbonyl (C=O) groups excluding carboxylic acids is 2. The molecule has 4 rings (SSSR count). The molecule has 0 atom stereocenters. The molecule has 0 spiro atoms. The number of rotatable bonds is 5. The highest BCUT2D eigenvalue weighted by Gasteiger charge is 2.19. The predicted octanol–water partition coefficient (Wildman–Crippen LogP) is 5.24. The van der Waals surface area contributed by atoms with Crippen molar-refractivity contribution in [2.45, 2.75) is 0 Å². The van der Waals surface area contributed by atoms with Crippen LogP contribution < -0.4 is 20.1 Å². The third-order valence-electron chi connectivity index (χ3n) is 4.44. The molecule has 0 saturated heterocycles. The molecule has 3 aromatic carbocycles. The Labute approximate surface area is 191 Å². The topological polar surface area (TPSA) is 76.7 Å². The lowest BCUT2D eigenvalue weighted by atomic mass is 10.1. The fraction of sp³-hybridized carbons (Fsp3) is 0.0435. The molecule has 2 N–H and O–H groups in total. The Kier molecular flexibility index (Phi) is 6.25. The van der Waals surface area contributed by atoms with Crippen LogP contribution >= 0.6 is 27.5 Å². The van der Waals surface area contributed by atoms with E-state index >= 15 is 0 Å². The zero-order valence-electron chi connectivity index (χ0n) is 16.0. The highest BCUT2D eigenvalue weighted by Crippen LogP contribution is 2.33. The van der Waals surface area contributed by atoms with Crippen LogP contribution in [0.15, 0.2) is 76.9 Å². The summed E-state index contributed by atoms with van der Waals surface area (Å²) >= 11 is 9.54. The summed E-state index contributed by atoms with van der Waals surface area (Å²) in [5.74, 6) is 0.193. The summed E-state index contributed by atoms with van der Waals surface area (Å²) in [5.41, 5.74) is 1.52. The number of benzene rings is 3. The summed E-state index contributed by atoms with van der Waals surface area (Å²) < 4.78 is 11.4. The Balaban J connectivity index is 1.66. The van der Waals surface area contributed by atoms with E-state index in [0.29, 0.717) is 27.2 Å². The maximum Gasteiger partial charge on any atom is 0.272 e. The SMILES string of the molecule is O=C(Nc1ccccc1Br)C(=Cc1ccc2c(c1)OCO2)NC(=O)c1ccccc1Cl. The van der Waals surface area contributed by atoms with Gasteiger partial charge in [0.05, 0.1) is 16.3 Å². The average molecular weight is 500 g/mol. The van der Waals surface area contributed by atoms with Gasteiger partial charge in [-0.1, -0.05) is 41.9 Å². The molecule has 3 aromatic rings. The first-order valence-corrected chi connectivity index (χ1v) is 10.4. The van der Waals surface area contributed by atoms with Crippen LogP contribution in [-0.2, 0) is 4.79 Å². The van der Waals surface area contributed by atoms with E-state index in [-0.39, 0.29) is 23.1 Å². The fourth-order valence-electron chi connectivity index (χ4n) is 2.92. The number of fused-ring (bicyclic) bond motifs is 1. The Morgan fingerprint density at radius 1 is 0.968 bits per heavy atom. The monoisotopic (exact) mass is 498 g/mol. The second-order valence-electron chi connectivity index (χ2n) is 6.54. The van der Waals surface area contributed by atoms with Crippen molar-refractivity contribution in [3.63, 3.8) is 0 Å². The van der Waals surface area contributed by atoms with Gasteiger partial charge < -0.3 is 20.1 Å². The van der Waals surface area contributed by atoms with E-state index in [2.05, 4.69) is 26.6 Å². The average Bonchev–Trinajstić information content (AvgIpc) is 3.23. The van der Waals surface area contributed by atoms with Gasteiger partial charge in [-0.2, -0.15) is 0 Å². The molecular weight excluding hydrogens is 484 g/mol. The first kappa shape index (κ1) is 21.0. The van der Waals surface area contributed by atoms with Gasteiger partial charge in [-0.25, -0.2) is 0 Å². The number of hydrogen-bond donors (Lipinski definition) is 2. The smallest absolute Gasteiger partial charge is 0.272 e. The van der Waals surface area contributed by atoms with Gasteiger partial charge in [0, 0.05) is 4.47 Å². The number of anilines is 1. The molecule has 8 heteroatoms. The zero-order chi connectivity index (χ0) is 21.8. The van der Waals surface area contributed by atoms with Crippen LogP contribution in [0.4, 0.5) is 5.69 Å². The number of carbonyl (C=O) groups is 2. The summed E-state index contributed by atoms with van der Waals surface area (Å²) in [6, 6.07) is 19.0. The van der Waals surface area contributed by atoms with Crippen LogP contribution in [0.2, 0.25) is 5.02 Å². The van der Waals surface area contributed by atoms with Crippen LogP contribution in [-0.4, -0.2) is 18.6 Å². The van der Waals surface area contributed by atoms with Crippen molar-refractivity contribution < 1.29 is 19.1 Å². The van der Waals surface area contributed by atoms with Gasteiger partial charge in [0.15, 0.2) is 11.5 Å². The van der Waals surface area contributed by atoms with Crippen molar-refractivity contribution in [3.05, 3.63) is 93.0 Å². The number of amides is 2. The van der Waals surface area contributed by atoms with E-state index in [1.54, 1.807) is 66.7 Å². The van der Waals surface area contributed by atoms with Crippen LogP contribution in [0, 0.1) is 0 Å². The highest BCUT2D eigenvalue weighted by molar-refractivity contribution is 9.10. The number of nitrogens with one attached hydrogen (secondary N) is 2. The van der Waals surface area contributed by atoms with Crippen LogP contribution in [0.5, 0.6) is 11.5 Å². The second kappa shape index (κ2) is 9.24. The molecule has 1 aliphatic rings. The molecule has 156 valence electrons. The molecule has 1 aliphatic heterocycles. The van der Waals surface area contributed by atoms with Gasteiger partial charge in [-0.3, -0.25) is 9.59 Å². The van der Waals surface area contributed by atoms with E-state index < -0.39 is 11.8 Å². The lowest BCUT2D eigenvalue weighted by Gasteiger charge is -2.13. The third kappa shape index (κ3) is 4.90. The Hall–Kier alpha value is -3.29. The summed E-state index contributed by atoms with van der Waals surface area (Å²) in [6.07, 6.45) is 1.56. The van der Waals surface area contributed by atoms with Crippen molar-refractivity contribution in [2.75, 3.05) is 12.1 Å². The first-order valence-electron chi connectivity index (χ1n) is 9.24. The Morgan fingerprint density at radius 3 is 2.52 bits per heavy atom. The second-order valence-corrected chi connectivity index (χ2v) is 7.80. The number of halogens is 2. The number of ether oxygens (including phenoxy) is 2. The van der Waals surface area contributed by atoms with Crippen LogP contribution in [0.25, 0.3) is 6.08 Å². The first-order chi connectivity index (χ1) is 15.0. The van der Waals surface area contributed by atoms with Gasteiger partial charge in [0.1, 0.15) is 5.70 Å². The molecule has 6 nitrogen and oxygen atoms in total. The predicted molar refractivity (Wildman–Crippen MR) is 122 cm³/mol. The molecule has 31 heavy (non-hydrogen) atoms. The quantitative estimate of drug-likeness (QED) is 0.471. The summed E-state index contributed by atoms with van der Waals surface area (Å²) in [4.78, 5) is 25.9. The standard InChI is InChI=1S/C23H16BrClN2O4/c24-16-6-2-4-8-18(16)26-23(29)19(27-22(28)15-5-1-3-7-17(15)25)11-14-9-10-20-21(12-14)31-13-30-20/h1-12H,13H2,(H,26,29)(H,27,28). The zero-order valence-corrected chi connectivity index (χ0v) is 18.4. The molecule has 1 heterocycles. The molecule has 0 aliphatic carbocycles. The lowest BCUT2D eigenvalue weighted by molar-refractivity contribution is -0.113. The van der Waals surface area contributed by atoms with E-state index in [1.807, 2.05) is 6.07 Å². The van der Waals surface area contributed by atoms with E-state index in [0.717, 1.165) is 0 Å². The van der Waals surface area contributed by atoms with E-state index in [1.165, 1.54) is 0 Å². The minimum absolute atomic E-state index is 0.0412. The number of hydrogen-bond acceptors (Lipinski definition) is 4. The van der Waals surface area contributed by atoms with Gasteiger partial charge >= 0.3 is 0 Å². The fourth-order valence-corrected chi connectivity index (χ4v) is 3.52. The van der Waals surface area contributed by atoms with Gasteiger partial charge in [-0.15, -0.1) is 0 Å². The van der Waals surface area contributed by atoms with Gasteiger partial charge in [0.2, 0.25) is 6.79 Å². The van der Waals surface area contributed by atoms with Gasteiger partial charge in [-0.05, 0) is 64.0 Å². The van der Waals surface area contributed by atoms with Crippen molar-refractivity contribution in [2.24, 2.45) is 0 Å². The summed E-state index contributed by atoms with van der Waals surface area (Å²) in [5, 5.41) is 5.75. The molecule has 0 unspecified atom stereocenters. The molecule has 0 saturated carbocycles. The van der Waals surface area contributed by atoms with E-state index in [4.69, 9.17) is 21.1 Å². The molecule has 0 bridgehead atoms. The summed E-state index contributed by atoms with van der Waals surface area (Å²) in [6.45, 7) is 0.140. The minimum atomic E-state index is -0.500. The minimum Gasteiger partial charge on any atom is -0.454 e. The van der Waals surface area contributed by atoms with Gasteiger partial charge in [0.25, 0.3) is 11.8 Å². The van der Waals surface area contributed by atoms with Crippen LogP contribution in [0.3, 0.4) is 0 Å². The highest BCUT2D eigenvalue weighted by atomic mass is 79.9. The number of para-hydroxylation sites is 1. The van der Waals surface area contributed by atoms with E-state index in [9.17, 15) is 9.59 Å². The molecule has 0 fully saturated rings. The normalized spacial score (nSPS) is 12.4. The molecule has 2 amide bonds. The molecular formula is C23H16BrClN2O4. The largest absolute Gasteiger partial charge is 0.454 e. The summed E-state index contributed by atoms with van der Waals surface area (Å²) in [7, 11) is 0. The third-order valence-corrected chi connectivity index (χ3v) is 5.46.